The smallest absolute Gasteiger partial charge is 0.246 e. The van der Waals surface area contributed by atoms with E-state index in [-0.39, 0.29) is 11.0 Å². The van der Waals surface area contributed by atoms with E-state index < -0.39 is 0 Å². The van der Waals surface area contributed by atoms with Crippen LogP contribution < -0.4 is 5.32 Å². The van der Waals surface area contributed by atoms with E-state index in [4.69, 9.17) is 0 Å². The van der Waals surface area contributed by atoms with Crippen LogP contribution in [0.4, 0.5) is 0 Å². The van der Waals surface area contributed by atoms with Crippen LogP contribution in [0.2, 0.25) is 0 Å². The number of thioether (sulfide) groups is 1. The lowest BCUT2D eigenvalue weighted by Crippen LogP contribution is -2.26. The summed E-state index contributed by atoms with van der Waals surface area (Å²) < 4.78 is 0. The monoisotopic (exact) mass is 229 g/mol. The van der Waals surface area contributed by atoms with E-state index in [9.17, 15) is 9.59 Å². The zero-order chi connectivity index (χ0) is 11.8. The van der Waals surface area contributed by atoms with E-state index >= 15 is 0 Å². The minimum Gasteiger partial charge on any atom is -0.352 e. The number of hydrogen-bond donors (Lipinski definition) is 1. The molecule has 0 fully saturated rings. The molecule has 3 nitrogen and oxygen atoms in total. The number of nitrogens with one attached hydrogen (secondary N) is 1. The second kappa shape index (κ2) is 7.51. The maximum atomic E-state index is 11.1. The van der Waals surface area contributed by atoms with Crippen molar-refractivity contribution in [2.75, 3.05) is 12.3 Å². The fraction of sp³-hybridized carbons (Fsp3) is 0.636. The van der Waals surface area contributed by atoms with Crippen LogP contribution in [-0.2, 0) is 9.59 Å². The first-order valence-corrected chi connectivity index (χ1v) is 5.99. The summed E-state index contributed by atoms with van der Waals surface area (Å²) >= 11 is 1.34. The average Bonchev–Trinajstić information content (AvgIpc) is 2.14. The quantitative estimate of drug-likeness (QED) is 0.708. The Morgan fingerprint density at radius 2 is 2.00 bits per heavy atom. The second-order valence-corrected chi connectivity index (χ2v) is 4.93. The van der Waals surface area contributed by atoms with Gasteiger partial charge in [0.15, 0.2) is 5.12 Å². The summed E-state index contributed by atoms with van der Waals surface area (Å²) in [5.74, 6) is 1.16. The van der Waals surface area contributed by atoms with Gasteiger partial charge in [0.1, 0.15) is 0 Å². The van der Waals surface area contributed by atoms with Crippen LogP contribution in [0.5, 0.6) is 0 Å². The van der Waals surface area contributed by atoms with Crippen molar-refractivity contribution in [1.82, 2.24) is 5.32 Å². The summed E-state index contributed by atoms with van der Waals surface area (Å²) in [6.07, 6.45) is 0.888. The van der Waals surface area contributed by atoms with Crippen LogP contribution in [-0.4, -0.2) is 23.3 Å². The molecule has 0 rings (SSSR count). The lowest BCUT2D eigenvalue weighted by molar-refractivity contribution is -0.117. The van der Waals surface area contributed by atoms with Crippen molar-refractivity contribution in [2.24, 2.45) is 5.92 Å². The van der Waals surface area contributed by atoms with Gasteiger partial charge in [-0.05, 0) is 19.3 Å². The first kappa shape index (κ1) is 14.2. The van der Waals surface area contributed by atoms with Crippen molar-refractivity contribution in [2.45, 2.75) is 27.2 Å². The van der Waals surface area contributed by atoms with E-state index in [0.29, 0.717) is 18.0 Å². The van der Waals surface area contributed by atoms with Gasteiger partial charge in [-0.15, -0.1) is 0 Å². The summed E-state index contributed by atoms with van der Waals surface area (Å²) in [7, 11) is 0. The largest absolute Gasteiger partial charge is 0.352 e. The van der Waals surface area contributed by atoms with Gasteiger partial charge in [-0.1, -0.05) is 25.3 Å². The van der Waals surface area contributed by atoms with Crippen molar-refractivity contribution in [3.63, 3.8) is 0 Å². The first-order valence-electron chi connectivity index (χ1n) is 5.00. The molecule has 0 aromatic heterocycles. The van der Waals surface area contributed by atoms with Gasteiger partial charge in [0.05, 0.1) is 0 Å². The molecule has 1 N–H and O–H groups in total. The topological polar surface area (TPSA) is 46.2 Å². The number of carbonyl (C=O) groups excluding carboxylic acids is 2. The molecular weight excluding hydrogens is 210 g/mol. The molecule has 0 heterocycles. The molecule has 4 heteroatoms. The van der Waals surface area contributed by atoms with Crippen molar-refractivity contribution in [1.29, 1.82) is 0 Å². The molecule has 0 aliphatic heterocycles. The van der Waals surface area contributed by atoms with E-state index in [1.165, 1.54) is 11.8 Å². The van der Waals surface area contributed by atoms with Crippen molar-refractivity contribution in [3.8, 4) is 0 Å². The first-order chi connectivity index (χ1) is 6.93. The maximum absolute atomic E-state index is 11.1. The molecule has 86 valence electrons. The van der Waals surface area contributed by atoms with Crippen LogP contribution in [0.1, 0.15) is 27.2 Å². The SMILES string of the molecule is C=C(C)C(=O)NCCC(C)CSC(C)=O. The van der Waals surface area contributed by atoms with Crippen LogP contribution >= 0.6 is 11.8 Å². The van der Waals surface area contributed by atoms with Gasteiger partial charge in [-0.3, -0.25) is 9.59 Å². The summed E-state index contributed by atoms with van der Waals surface area (Å²) in [6, 6.07) is 0. The van der Waals surface area contributed by atoms with Gasteiger partial charge in [0.25, 0.3) is 0 Å². The fourth-order valence-corrected chi connectivity index (χ4v) is 1.61. The van der Waals surface area contributed by atoms with Gasteiger partial charge in [0.2, 0.25) is 5.91 Å². The molecule has 0 bridgehead atoms. The molecule has 1 amide bonds. The Kier molecular flexibility index (Phi) is 7.13. The lowest BCUT2D eigenvalue weighted by Gasteiger charge is -2.10. The molecule has 0 radical (unpaired) electrons. The minimum absolute atomic E-state index is 0.0959. The van der Waals surface area contributed by atoms with Gasteiger partial charge in [0, 0.05) is 24.8 Å². The number of amides is 1. The zero-order valence-electron chi connectivity index (χ0n) is 9.63. The molecule has 0 aromatic rings. The van der Waals surface area contributed by atoms with Crippen LogP contribution in [0.3, 0.4) is 0 Å². The van der Waals surface area contributed by atoms with Gasteiger partial charge in [-0.25, -0.2) is 0 Å². The summed E-state index contributed by atoms with van der Waals surface area (Å²) in [5.41, 5.74) is 0.528. The molecule has 15 heavy (non-hydrogen) atoms. The molecule has 0 aliphatic carbocycles. The molecular formula is C11H19NO2S. The number of hydrogen-bond acceptors (Lipinski definition) is 3. The predicted octanol–water partition coefficient (Wildman–Crippen LogP) is 1.98. The Morgan fingerprint density at radius 1 is 1.40 bits per heavy atom. The molecule has 0 aromatic carbocycles. The molecule has 0 spiro atoms. The summed E-state index contributed by atoms with van der Waals surface area (Å²) in [4.78, 5) is 21.8. The van der Waals surface area contributed by atoms with Crippen LogP contribution in [0, 0.1) is 5.92 Å². The van der Waals surface area contributed by atoms with E-state index in [0.717, 1.165) is 12.2 Å². The van der Waals surface area contributed by atoms with Crippen molar-refractivity contribution >= 4 is 22.8 Å². The summed E-state index contributed by atoms with van der Waals surface area (Å²) in [6.45, 7) is 9.52. The Balaban J connectivity index is 3.54. The van der Waals surface area contributed by atoms with Crippen molar-refractivity contribution < 1.29 is 9.59 Å². The second-order valence-electron chi connectivity index (χ2n) is 3.73. The molecule has 0 saturated heterocycles. The highest BCUT2D eigenvalue weighted by Gasteiger charge is 2.06. The maximum Gasteiger partial charge on any atom is 0.246 e. The van der Waals surface area contributed by atoms with Gasteiger partial charge < -0.3 is 5.32 Å². The normalized spacial score (nSPS) is 11.9. The minimum atomic E-state index is -0.0959. The third-order valence-electron chi connectivity index (χ3n) is 1.88. The third kappa shape index (κ3) is 8.24. The van der Waals surface area contributed by atoms with Crippen LogP contribution in [0.25, 0.3) is 0 Å². The van der Waals surface area contributed by atoms with E-state index in [2.05, 4.69) is 18.8 Å². The van der Waals surface area contributed by atoms with E-state index in [1.54, 1.807) is 13.8 Å². The molecule has 0 aliphatic rings. The summed E-state index contributed by atoms with van der Waals surface area (Å²) in [5, 5.41) is 2.91. The predicted molar refractivity (Wildman–Crippen MR) is 64.7 cm³/mol. The average molecular weight is 229 g/mol. The third-order valence-corrected chi connectivity index (χ3v) is 3.02. The standard InChI is InChI=1S/C11H19NO2S/c1-8(2)11(14)12-6-5-9(3)7-15-10(4)13/h9H,1,5-7H2,2-4H3,(H,12,14). The number of carbonyl (C=O) groups is 2. The Morgan fingerprint density at radius 3 is 2.47 bits per heavy atom. The molecule has 1 atom stereocenters. The molecule has 1 unspecified atom stereocenters. The van der Waals surface area contributed by atoms with Crippen LogP contribution in [0.15, 0.2) is 12.2 Å². The Labute approximate surface area is 95.7 Å². The fourth-order valence-electron chi connectivity index (χ4n) is 0.926. The highest BCUT2D eigenvalue weighted by atomic mass is 32.2. The highest BCUT2D eigenvalue weighted by molar-refractivity contribution is 8.13. The zero-order valence-corrected chi connectivity index (χ0v) is 10.4. The Hall–Kier alpha value is -0.770. The van der Waals surface area contributed by atoms with Crippen molar-refractivity contribution in [3.05, 3.63) is 12.2 Å². The van der Waals surface area contributed by atoms with Gasteiger partial charge >= 0.3 is 0 Å². The molecule has 0 saturated carbocycles. The Bertz CT molecular complexity index is 251. The highest BCUT2D eigenvalue weighted by Crippen LogP contribution is 2.11. The number of rotatable bonds is 6. The lowest BCUT2D eigenvalue weighted by atomic mass is 10.1. The van der Waals surface area contributed by atoms with Gasteiger partial charge in [-0.2, -0.15) is 0 Å². The van der Waals surface area contributed by atoms with E-state index in [1.807, 2.05) is 0 Å².